The highest BCUT2D eigenvalue weighted by molar-refractivity contribution is 5.78. The quantitative estimate of drug-likeness (QED) is 0.616. The van der Waals surface area contributed by atoms with E-state index in [2.05, 4.69) is 17.4 Å². The van der Waals surface area contributed by atoms with Gasteiger partial charge in [0.1, 0.15) is 23.2 Å². The van der Waals surface area contributed by atoms with E-state index in [1.54, 1.807) is 6.07 Å². The molecule has 0 amide bonds. The zero-order chi connectivity index (χ0) is 19.3. The first-order valence-electron chi connectivity index (χ1n) is 10.2. The fraction of sp³-hybridized carbons (Fsp3) is 0.375. The first-order valence-corrected chi connectivity index (χ1v) is 10.2. The Kier molecular flexibility index (Phi) is 5.77. The third-order valence-electron chi connectivity index (χ3n) is 5.58. The molecule has 1 aromatic heterocycles. The van der Waals surface area contributed by atoms with Crippen molar-refractivity contribution in [1.82, 2.24) is 5.32 Å². The van der Waals surface area contributed by atoms with Crippen molar-refractivity contribution >= 4 is 11.0 Å². The second-order valence-electron chi connectivity index (χ2n) is 7.56. The SMILES string of the molecule is CNCCC(Oc1ccc2oc(C3CCCC3)cc(=O)c2c1)c1ccccc1. The van der Waals surface area contributed by atoms with Gasteiger partial charge in [-0.3, -0.25) is 4.79 Å². The summed E-state index contributed by atoms with van der Waals surface area (Å²) in [6.07, 6.45) is 5.42. The van der Waals surface area contributed by atoms with Crippen LogP contribution in [0, 0.1) is 0 Å². The highest BCUT2D eigenvalue weighted by Crippen LogP contribution is 2.35. The van der Waals surface area contributed by atoms with Gasteiger partial charge in [0.2, 0.25) is 0 Å². The molecule has 1 atom stereocenters. The molecule has 28 heavy (non-hydrogen) atoms. The van der Waals surface area contributed by atoms with E-state index in [0.29, 0.717) is 22.6 Å². The predicted molar refractivity (Wildman–Crippen MR) is 112 cm³/mol. The van der Waals surface area contributed by atoms with Gasteiger partial charge < -0.3 is 14.5 Å². The minimum atomic E-state index is -0.0732. The number of rotatable bonds is 7. The van der Waals surface area contributed by atoms with E-state index in [1.807, 2.05) is 43.4 Å². The fourth-order valence-corrected chi connectivity index (χ4v) is 4.04. The van der Waals surface area contributed by atoms with Crippen molar-refractivity contribution in [3.8, 4) is 5.75 Å². The van der Waals surface area contributed by atoms with Gasteiger partial charge in [-0.1, -0.05) is 43.2 Å². The lowest BCUT2D eigenvalue weighted by atomic mass is 10.0. The van der Waals surface area contributed by atoms with Crippen LogP contribution in [0.2, 0.25) is 0 Å². The summed E-state index contributed by atoms with van der Waals surface area (Å²) < 4.78 is 12.3. The lowest BCUT2D eigenvalue weighted by Gasteiger charge is -2.20. The number of hydrogen-bond acceptors (Lipinski definition) is 4. The molecule has 0 bridgehead atoms. The molecule has 4 heteroatoms. The van der Waals surface area contributed by atoms with E-state index in [9.17, 15) is 4.79 Å². The molecule has 0 saturated heterocycles. The smallest absolute Gasteiger partial charge is 0.193 e. The fourth-order valence-electron chi connectivity index (χ4n) is 4.04. The van der Waals surface area contributed by atoms with Crippen LogP contribution in [0.1, 0.15) is 55.4 Å². The highest BCUT2D eigenvalue weighted by atomic mass is 16.5. The summed E-state index contributed by atoms with van der Waals surface area (Å²) in [6.45, 7) is 0.847. The Labute approximate surface area is 165 Å². The third-order valence-corrected chi connectivity index (χ3v) is 5.58. The van der Waals surface area contributed by atoms with Crippen molar-refractivity contribution in [1.29, 1.82) is 0 Å². The average molecular weight is 377 g/mol. The predicted octanol–water partition coefficient (Wildman–Crippen LogP) is 5.18. The van der Waals surface area contributed by atoms with Gasteiger partial charge in [0.25, 0.3) is 0 Å². The van der Waals surface area contributed by atoms with Gasteiger partial charge in [-0.25, -0.2) is 0 Å². The van der Waals surface area contributed by atoms with Crippen molar-refractivity contribution in [2.24, 2.45) is 0 Å². The Morgan fingerprint density at radius 2 is 1.89 bits per heavy atom. The average Bonchev–Trinajstić information content (AvgIpc) is 3.27. The molecule has 1 aliphatic carbocycles. The van der Waals surface area contributed by atoms with Crippen LogP contribution in [0.25, 0.3) is 11.0 Å². The van der Waals surface area contributed by atoms with Gasteiger partial charge >= 0.3 is 0 Å². The van der Waals surface area contributed by atoms with Crippen LogP contribution in [-0.4, -0.2) is 13.6 Å². The van der Waals surface area contributed by atoms with Crippen LogP contribution in [0.5, 0.6) is 5.75 Å². The molecule has 4 nitrogen and oxygen atoms in total. The first kappa shape index (κ1) is 18.8. The second-order valence-corrected chi connectivity index (χ2v) is 7.56. The summed E-state index contributed by atoms with van der Waals surface area (Å²) >= 11 is 0. The van der Waals surface area contributed by atoms with E-state index in [0.717, 1.165) is 37.1 Å². The number of nitrogens with one attached hydrogen (secondary N) is 1. The summed E-state index contributed by atoms with van der Waals surface area (Å²) in [6, 6.07) is 17.4. The molecule has 1 N–H and O–H groups in total. The molecule has 0 spiro atoms. The molecule has 0 radical (unpaired) electrons. The maximum absolute atomic E-state index is 12.7. The van der Waals surface area contributed by atoms with Gasteiger partial charge in [-0.05, 0) is 50.2 Å². The maximum atomic E-state index is 12.7. The summed E-state index contributed by atoms with van der Waals surface area (Å²) in [4.78, 5) is 12.7. The summed E-state index contributed by atoms with van der Waals surface area (Å²) in [5, 5.41) is 3.76. The zero-order valence-electron chi connectivity index (χ0n) is 16.3. The molecule has 1 aliphatic rings. The van der Waals surface area contributed by atoms with Gasteiger partial charge in [0.05, 0.1) is 5.39 Å². The van der Waals surface area contributed by atoms with E-state index in [4.69, 9.17) is 9.15 Å². The molecule has 3 aromatic rings. The van der Waals surface area contributed by atoms with Crippen molar-refractivity contribution < 1.29 is 9.15 Å². The number of ether oxygens (including phenoxy) is 1. The molecule has 1 unspecified atom stereocenters. The summed E-state index contributed by atoms with van der Waals surface area (Å²) in [5.74, 6) is 1.91. The standard InChI is InChI=1S/C24H27NO3/c1-25-14-13-22(17-7-3-2-4-8-17)27-19-11-12-23-20(15-19)21(26)16-24(28-23)18-9-5-6-10-18/h2-4,7-8,11-12,15-16,18,22,25H,5-6,9-10,13-14H2,1H3. The molecule has 0 aliphatic heterocycles. The van der Waals surface area contributed by atoms with E-state index >= 15 is 0 Å². The molecule has 4 rings (SSSR count). The van der Waals surface area contributed by atoms with Crippen LogP contribution < -0.4 is 15.5 Å². The topological polar surface area (TPSA) is 51.5 Å². The molecule has 146 valence electrons. The van der Waals surface area contributed by atoms with Gasteiger partial charge in [0, 0.05) is 18.4 Å². The van der Waals surface area contributed by atoms with Crippen molar-refractivity contribution in [3.63, 3.8) is 0 Å². The number of hydrogen-bond donors (Lipinski definition) is 1. The first-order chi connectivity index (χ1) is 13.7. The number of benzene rings is 2. The van der Waals surface area contributed by atoms with Gasteiger partial charge in [0.15, 0.2) is 5.43 Å². The largest absolute Gasteiger partial charge is 0.486 e. The summed E-state index contributed by atoms with van der Waals surface area (Å²) in [7, 11) is 1.94. The highest BCUT2D eigenvalue weighted by Gasteiger charge is 2.21. The molecular formula is C24H27NO3. The second kappa shape index (κ2) is 8.61. The monoisotopic (exact) mass is 377 g/mol. The zero-order valence-corrected chi connectivity index (χ0v) is 16.3. The maximum Gasteiger partial charge on any atom is 0.193 e. The van der Waals surface area contributed by atoms with Crippen molar-refractivity contribution in [3.05, 3.63) is 76.1 Å². The lowest BCUT2D eigenvalue weighted by molar-refractivity contribution is 0.195. The van der Waals surface area contributed by atoms with Crippen LogP contribution in [-0.2, 0) is 0 Å². The number of fused-ring (bicyclic) bond motifs is 1. The van der Waals surface area contributed by atoms with E-state index < -0.39 is 0 Å². The van der Waals surface area contributed by atoms with E-state index in [-0.39, 0.29) is 11.5 Å². The Hall–Kier alpha value is -2.59. The molecule has 1 heterocycles. The Balaban J connectivity index is 1.62. The van der Waals surface area contributed by atoms with Crippen molar-refractivity contribution in [2.45, 2.75) is 44.1 Å². The Bertz CT molecular complexity index is 974. The Morgan fingerprint density at radius 3 is 2.64 bits per heavy atom. The Morgan fingerprint density at radius 1 is 1.11 bits per heavy atom. The van der Waals surface area contributed by atoms with Crippen LogP contribution in [0.4, 0.5) is 0 Å². The molecule has 1 saturated carbocycles. The van der Waals surface area contributed by atoms with Crippen LogP contribution in [0.15, 0.2) is 63.8 Å². The van der Waals surface area contributed by atoms with Gasteiger partial charge in [-0.2, -0.15) is 0 Å². The molecule has 2 aromatic carbocycles. The minimum absolute atomic E-state index is 0.0140. The molecule has 1 fully saturated rings. The summed E-state index contributed by atoms with van der Waals surface area (Å²) in [5.41, 5.74) is 1.79. The minimum Gasteiger partial charge on any atom is -0.486 e. The van der Waals surface area contributed by atoms with Gasteiger partial charge in [-0.15, -0.1) is 0 Å². The normalized spacial score (nSPS) is 15.8. The van der Waals surface area contributed by atoms with Crippen LogP contribution >= 0.6 is 0 Å². The molecular weight excluding hydrogens is 350 g/mol. The van der Waals surface area contributed by atoms with Crippen molar-refractivity contribution in [2.75, 3.05) is 13.6 Å². The van der Waals surface area contributed by atoms with Crippen LogP contribution in [0.3, 0.4) is 0 Å². The van der Waals surface area contributed by atoms with E-state index in [1.165, 1.54) is 12.8 Å². The third kappa shape index (κ3) is 4.12. The lowest BCUT2D eigenvalue weighted by Crippen LogP contribution is -2.16.